The van der Waals surface area contributed by atoms with E-state index >= 15 is 0 Å². The Bertz CT molecular complexity index is 651. The van der Waals surface area contributed by atoms with E-state index < -0.39 is 0 Å². The van der Waals surface area contributed by atoms with Gasteiger partial charge in [0.15, 0.2) is 0 Å². The Morgan fingerprint density at radius 1 is 1.41 bits per heavy atom. The lowest BCUT2D eigenvalue weighted by molar-refractivity contribution is 1.12. The van der Waals surface area contributed by atoms with Crippen molar-refractivity contribution in [1.82, 2.24) is 9.97 Å². The van der Waals surface area contributed by atoms with Crippen LogP contribution in [-0.4, -0.2) is 9.97 Å². The van der Waals surface area contributed by atoms with Gasteiger partial charge >= 0.3 is 0 Å². The van der Waals surface area contributed by atoms with E-state index in [2.05, 4.69) is 16.0 Å². The Morgan fingerprint density at radius 2 is 2.18 bits per heavy atom. The van der Waals surface area contributed by atoms with Gasteiger partial charge < -0.3 is 4.98 Å². The largest absolute Gasteiger partial charge is 0.349 e. The minimum absolute atomic E-state index is 0.481. The maximum absolute atomic E-state index is 9.22. The van der Waals surface area contributed by atoms with Crippen LogP contribution < -0.4 is 0 Å². The van der Waals surface area contributed by atoms with Crippen LogP contribution >= 0.6 is 12.2 Å². The fourth-order valence-corrected chi connectivity index (χ4v) is 2.09. The molecule has 4 heteroatoms. The van der Waals surface area contributed by atoms with Gasteiger partial charge in [-0.1, -0.05) is 18.3 Å². The zero-order valence-corrected chi connectivity index (χ0v) is 10.4. The van der Waals surface area contributed by atoms with E-state index in [-0.39, 0.29) is 0 Å². The number of aromatic amines is 1. The molecular formula is C13H11N3S. The van der Waals surface area contributed by atoms with Gasteiger partial charge in [0.1, 0.15) is 10.7 Å². The third-order valence-electron chi connectivity index (χ3n) is 2.78. The number of nitriles is 1. The van der Waals surface area contributed by atoms with Crippen molar-refractivity contribution in [3.63, 3.8) is 0 Å². The predicted octanol–water partition coefficient (Wildman–Crippen LogP) is 3.29. The Hall–Kier alpha value is -1.99. The summed E-state index contributed by atoms with van der Waals surface area (Å²) in [7, 11) is 0. The molecule has 0 aromatic carbocycles. The maximum Gasteiger partial charge on any atom is 0.122 e. The van der Waals surface area contributed by atoms with Crippen LogP contribution in [0, 0.1) is 29.8 Å². The number of nitrogens with zero attached hydrogens (tertiary/aromatic N) is 2. The maximum atomic E-state index is 9.22. The fraction of sp³-hybridized carbons (Fsp3) is 0.154. The summed E-state index contributed by atoms with van der Waals surface area (Å²) in [6, 6.07) is 5.95. The Morgan fingerprint density at radius 3 is 2.76 bits per heavy atom. The third kappa shape index (κ3) is 1.97. The molecule has 0 aliphatic rings. The van der Waals surface area contributed by atoms with Gasteiger partial charge in [0.25, 0.3) is 0 Å². The number of hydrogen-bond donors (Lipinski definition) is 1. The van der Waals surface area contributed by atoms with Crippen molar-refractivity contribution in [2.24, 2.45) is 0 Å². The summed E-state index contributed by atoms with van der Waals surface area (Å²) in [5.41, 5.74) is 4.32. The molecule has 17 heavy (non-hydrogen) atoms. The Kier molecular flexibility index (Phi) is 3.03. The molecule has 0 unspecified atom stereocenters. The second kappa shape index (κ2) is 4.48. The monoisotopic (exact) mass is 241 g/mol. The molecule has 2 aromatic heterocycles. The van der Waals surface area contributed by atoms with Crippen LogP contribution in [-0.2, 0) is 0 Å². The molecule has 0 aliphatic heterocycles. The number of aryl methyl sites for hydroxylation is 1. The number of aromatic nitrogens is 2. The van der Waals surface area contributed by atoms with Crippen LogP contribution in [0.3, 0.4) is 0 Å². The minimum atomic E-state index is 0.481. The topological polar surface area (TPSA) is 52.5 Å². The Balaban J connectivity index is 2.86. The van der Waals surface area contributed by atoms with E-state index in [4.69, 9.17) is 12.2 Å². The molecule has 0 bridgehead atoms. The van der Waals surface area contributed by atoms with E-state index in [1.165, 1.54) is 0 Å². The van der Waals surface area contributed by atoms with E-state index in [0.717, 1.165) is 22.4 Å². The first-order valence-corrected chi connectivity index (χ1v) is 5.60. The lowest BCUT2D eigenvalue weighted by Gasteiger charge is -2.11. The number of hydrogen-bond acceptors (Lipinski definition) is 3. The summed E-state index contributed by atoms with van der Waals surface area (Å²) >= 11 is 5.19. The first kappa shape index (κ1) is 11.5. The van der Waals surface area contributed by atoms with Gasteiger partial charge in [0, 0.05) is 29.2 Å². The van der Waals surface area contributed by atoms with Crippen molar-refractivity contribution in [1.29, 1.82) is 5.26 Å². The molecule has 0 atom stereocenters. The standard InChI is InChI=1S/C13H11N3S/c1-8-9(2)16-13(17)11(6-14)12(8)10-4-3-5-15-7-10/h3-5,7H,1-2H3,(H,16,17). The normalized spacial score (nSPS) is 9.94. The summed E-state index contributed by atoms with van der Waals surface area (Å²) in [4.78, 5) is 7.12. The molecule has 0 saturated heterocycles. The molecule has 2 rings (SSSR count). The predicted molar refractivity (Wildman–Crippen MR) is 69.0 cm³/mol. The highest BCUT2D eigenvalue weighted by molar-refractivity contribution is 7.71. The highest BCUT2D eigenvalue weighted by Gasteiger charge is 2.12. The zero-order chi connectivity index (χ0) is 12.4. The molecular weight excluding hydrogens is 230 g/mol. The van der Waals surface area contributed by atoms with Crippen LogP contribution in [0.25, 0.3) is 11.1 Å². The lowest BCUT2D eigenvalue weighted by Crippen LogP contribution is -1.97. The third-order valence-corrected chi connectivity index (χ3v) is 3.08. The summed E-state index contributed by atoms with van der Waals surface area (Å²) in [5.74, 6) is 0. The van der Waals surface area contributed by atoms with E-state index in [0.29, 0.717) is 10.2 Å². The first-order valence-electron chi connectivity index (χ1n) is 5.19. The molecule has 0 spiro atoms. The van der Waals surface area contributed by atoms with E-state index in [1.54, 1.807) is 12.4 Å². The van der Waals surface area contributed by atoms with Gasteiger partial charge in [0.05, 0.1) is 5.56 Å². The number of nitrogens with one attached hydrogen (secondary N) is 1. The summed E-state index contributed by atoms with van der Waals surface area (Å²) in [6.07, 6.45) is 3.46. The van der Waals surface area contributed by atoms with E-state index in [9.17, 15) is 5.26 Å². The van der Waals surface area contributed by atoms with Gasteiger partial charge in [-0.25, -0.2) is 0 Å². The molecule has 0 amide bonds. The van der Waals surface area contributed by atoms with Crippen molar-refractivity contribution in [2.75, 3.05) is 0 Å². The molecule has 0 saturated carbocycles. The number of H-pyrrole nitrogens is 1. The lowest BCUT2D eigenvalue weighted by atomic mass is 9.97. The first-order chi connectivity index (χ1) is 8.15. The smallest absolute Gasteiger partial charge is 0.122 e. The summed E-state index contributed by atoms with van der Waals surface area (Å²) in [6.45, 7) is 3.93. The van der Waals surface area contributed by atoms with Crippen molar-refractivity contribution < 1.29 is 0 Å². The highest BCUT2D eigenvalue weighted by atomic mass is 32.1. The molecule has 3 nitrogen and oxygen atoms in total. The van der Waals surface area contributed by atoms with Crippen LogP contribution in [0.15, 0.2) is 24.5 Å². The van der Waals surface area contributed by atoms with Crippen molar-refractivity contribution >= 4 is 12.2 Å². The SMILES string of the molecule is Cc1[nH]c(=S)c(C#N)c(-c2cccnc2)c1C. The second-order valence-electron chi connectivity index (χ2n) is 3.81. The van der Waals surface area contributed by atoms with Crippen LogP contribution in [0.1, 0.15) is 16.8 Å². The van der Waals surface area contributed by atoms with Crippen LogP contribution in [0.4, 0.5) is 0 Å². The molecule has 2 heterocycles. The zero-order valence-electron chi connectivity index (χ0n) is 9.61. The van der Waals surface area contributed by atoms with Gasteiger partial charge in [-0.2, -0.15) is 5.26 Å². The van der Waals surface area contributed by atoms with Gasteiger partial charge in [-0.3, -0.25) is 4.98 Å². The minimum Gasteiger partial charge on any atom is -0.349 e. The summed E-state index contributed by atoms with van der Waals surface area (Å²) in [5, 5.41) is 9.22. The average Bonchev–Trinajstić information content (AvgIpc) is 2.34. The highest BCUT2D eigenvalue weighted by Crippen LogP contribution is 2.28. The number of pyridine rings is 2. The quantitative estimate of drug-likeness (QED) is 0.779. The number of rotatable bonds is 1. The van der Waals surface area contributed by atoms with Gasteiger partial charge in [-0.15, -0.1) is 0 Å². The fourth-order valence-electron chi connectivity index (χ4n) is 1.79. The van der Waals surface area contributed by atoms with Crippen molar-refractivity contribution in [2.45, 2.75) is 13.8 Å². The molecule has 1 N–H and O–H groups in total. The van der Waals surface area contributed by atoms with Crippen molar-refractivity contribution in [3.8, 4) is 17.2 Å². The second-order valence-corrected chi connectivity index (χ2v) is 4.22. The Labute approximate surface area is 105 Å². The van der Waals surface area contributed by atoms with Gasteiger partial charge in [0.2, 0.25) is 0 Å². The molecule has 0 aliphatic carbocycles. The summed E-state index contributed by atoms with van der Waals surface area (Å²) < 4.78 is 0.481. The van der Waals surface area contributed by atoms with Gasteiger partial charge in [-0.05, 0) is 25.5 Å². The van der Waals surface area contributed by atoms with E-state index in [1.807, 2.05) is 26.0 Å². The molecule has 2 aromatic rings. The van der Waals surface area contributed by atoms with Crippen molar-refractivity contribution in [3.05, 3.63) is 46.0 Å². The molecule has 0 fully saturated rings. The molecule has 84 valence electrons. The van der Waals surface area contributed by atoms with Crippen LogP contribution in [0.2, 0.25) is 0 Å². The molecule has 0 radical (unpaired) electrons. The average molecular weight is 241 g/mol. The van der Waals surface area contributed by atoms with Crippen LogP contribution in [0.5, 0.6) is 0 Å².